The van der Waals surface area contributed by atoms with Crippen LogP contribution in [-0.2, 0) is 11.2 Å². The van der Waals surface area contributed by atoms with Gasteiger partial charge in [0.15, 0.2) is 0 Å². The summed E-state index contributed by atoms with van der Waals surface area (Å²) in [4.78, 5) is 19.4. The maximum absolute atomic E-state index is 11.5. The summed E-state index contributed by atoms with van der Waals surface area (Å²) in [7, 11) is 0. The standard InChI is InChI=1S/C9H9IN2O/c10-7-4-11-5-12-8(7)3-9(13)6-1-2-6/h4-6H,1-3H2. The third kappa shape index (κ3) is 2.24. The molecule has 2 rings (SSSR count). The highest BCUT2D eigenvalue weighted by atomic mass is 127. The first-order chi connectivity index (χ1) is 6.27. The van der Waals surface area contributed by atoms with Crippen LogP contribution in [0.2, 0.25) is 0 Å². The highest BCUT2D eigenvalue weighted by molar-refractivity contribution is 14.1. The molecule has 68 valence electrons. The van der Waals surface area contributed by atoms with Crippen molar-refractivity contribution in [2.45, 2.75) is 19.3 Å². The van der Waals surface area contributed by atoms with Crippen molar-refractivity contribution in [1.29, 1.82) is 0 Å². The monoisotopic (exact) mass is 288 g/mol. The molecule has 0 aliphatic heterocycles. The van der Waals surface area contributed by atoms with Crippen LogP contribution >= 0.6 is 22.6 Å². The quantitative estimate of drug-likeness (QED) is 0.793. The topological polar surface area (TPSA) is 42.9 Å². The summed E-state index contributed by atoms with van der Waals surface area (Å²) in [6.07, 6.45) is 5.85. The van der Waals surface area contributed by atoms with Crippen molar-refractivity contribution in [3.63, 3.8) is 0 Å². The lowest BCUT2D eigenvalue weighted by Gasteiger charge is -2.00. The molecule has 0 atom stereocenters. The predicted molar refractivity (Wildman–Crippen MR) is 56.2 cm³/mol. The van der Waals surface area contributed by atoms with E-state index in [1.165, 1.54) is 6.33 Å². The predicted octanol–water partition coefficient (Wildman–Crippen LogP) is 1.60. The fourth-order valence-electron chi connectivity index (χ4n) is 1.18. The molecule has 1 heterocycles. The summed E-state index contributed by atoms with van der Waals surface area (Å²) in [6, 6.07) is 0. The van der Waals surface area contributed by atoms with Gasteiger partial charge in [0.1, 0.15) is 12.1 Å². The van der Waals surface area contributed by atoms with Crippen LogP contribution in [0.15, 0.2) is 12.5 Å². The Kier molecular flexibility index (Phi) is 2.57. The Labute approximate surface area is 90.1 Å². The van der Waals surface area contributed by atoms with E-state index in [0.29, 0.717) is 18.1 Å². The van der Waals surface area contributed by atoms with Crippen molar-refractivity contribution in [2.75, 3.05) is 0 Å². The minimum Gasteiger partial charge on any atom is -0.299 e. The van der Waals surface area contributed by atoms with Crippen molar-refractivity contribution in [3.8, 4) is 0 Å². The van der Waals surface area contributed by atoms with Gasteiger partial charge >= 0.3 is 0 Å². The molecule has 3 nitrogen and oxygen atoms in total. The molecule has 13 heavy (non-hydrogen) atoms. The van der Waals surface area contributed by atoms with Gasteiger partial charge < -0.3 is 0 Å². The smallest absolute Gasteiger partial charge is 0.141 e. The first-order valence-electron chi connectivity index (χ1n) is 4.24. The van der Waals surface area contributed by atoms with Gasteiger partial charge in [0.2, 0.25) is 0 Å². The number of ketones is 1. The molecule has 0 spiro atoms. The third-order valence-corrected chi connectivity index (χ3v) is 3.02. The second-order valence-electron chi connectivity index (χ2n) is 3.23. The third-order valence-electron chi connectivity index (χ3n) is 2.12. The van der Waals surface area contributed by atoms with Crippen LogP contribution in [0.4, 0.5) is 0 Å². The van der Waals surface area contributed by atoms with Crippen LogP contribution in [0.25, 0.3) is 0 Å². The SMILES string of the molecule is O=C(Cc1ncncc1I)C1CC1. The number of hydrogen-bond acceptors (Lipinski definition) is 3. The molecule has 0 bridgehead atoms. The Morgan fingerprint density at radius 2 is 2.38 bits per heavy atom. The van der Waals surface area contributed by atoms with E-state index in [2.05, 4.69) is 32.6 Å². The summed E-state index contributed by atoms with van der Waals surface area (Å²) < 4.78 is 0.981. The van der Waals surface area contributed by atoms with Gasteiger partial charge in [0.25, 0.3) is 0 Å². The Morgan fingerprint density at radius 1 is 1.62 bits per heavy atom. The molecule has 1 aromatic heterocycles. The molecular weight excluding hydrogens is 279 g/mol. The molecule has 1 aliphatic rings. The number of Topliss-reactive ketones (excluding diaryl/α,β-unsaturated/α-hetero) is 1. The minimum absolute atomic E-state index is 0.325. The first-order valence-corrected chi connectivity index (χ1v) is 5.32. The molecule has 0 N–H and O–H groups in total. The van der Waals surface area contributed by atoms with E-state index in [4.69, 9.17) is 0 Å². The normalized spacial score (nSPS) is 15.8. The van der Waals surface area contributed by atoms with Crippen LogP contribution < -0.4 is 0 Å². The summed E-state index contributed by atoms with van der Waals surface area (Å²) in [5, 5.41) is 0. The van der Waals surface area contributed by atoms with Crippen molar-refractivity contribution in [2.24, 2.45) is 5.92 Å². The van der Waals surface area contributed by atoms with Gasteiger partial charge in [-0.15, -0.1) is 0 Å². The lowest BCUT2D eigenvalue weighted by molar-refractivity contribution is -0.119. The Balaban J connectivity index is 2.08. The van der Waals surface area contributed by atoms with Gasteiger partial charge in [-0.2, -0.15) is 0 Å². The summed E-state index contributed by atoms with van der Waals surface area (Å²) >= 11 is 2.16. The van der Waals surface area contributed by atoms with Gasteiger partial charge in [-0.1, -0.05) is 0 Å². The molecule has 0 radical (unpaired) electrons. The first kappa shape index (κ1) is 9.05. The van der Waals surface area contributed by atoms with E-state index in [1.54, 1.807) is 6.20 Å². The fraction of sp³-hybridized carbons (Fsp3) is 0.444. The van der Waals surface area contributed by atoms with E-state index >= 15 is 0 Å². The maximum Gasteiger partial charge on any atom is 0.141 e. The second-order valence-corrected chi connectivity index (χ2v) is 4.40. The number of rotatable bonds is 3. The molecule has 4 heteroatoms. The Morgan fingerprint density at radius 3 is 3.00 bits per heavy atom. The average Bonchev–Trinajstić information content (AvgIpc) is 2.91. The lowest BCUT2D eigenvalue weighted by atomic mass is 10.1. The molecule has 1 fully saturated rings. The van der Waals surface area contributed by atoms with E-state index < -0.39 is 0 Å². The zero-order valence-corrected chi connectivity index (χ0v) is 9.19. The molecule has 1 aromatic rings. The van der Waals surface area contributed by atoms with Gasteiger partial charge in [-0.25, -0.2) is 9.97 Å². The fourth-order valence-corrected chi connectivity index (χ4v) is 1.67. The molecule has 1 aliphatic carbocycles. The molecule has 0 saturated heterocycles. The molecular formula is C9H9IN2O. The van der Waals surface area contributed by atoms with Gasteiger partial charge in [0.05, 0.1) is 15.7 Å². The van der Waals surface area contributed by atoms with Crippen molar-refractivity contribution >= 4 is 28.4 Å². The maximum atomic E-state index is 11.5. The highest BCUT2D eigenvalue weighted by Crippen LogP contribution is 2.31. The van der Waals surface area contributed by atoms with Crippen LogP contribution in [0, 0.1) is 9.49 Å². The number of aromatic nitrogens is 2. The van der Waals surface area contributed by atoms with Crippen molar-refractivity contribution in [1.82, 2.24) is 9.97 Å². The summed E-state index contributed by atoms with van der Waals surface area (Å²) in [6.45, 7) is 0. The van der Waals surface area contributed by atoms with Crippen molar-refractivity contribution < 1.29 is 4.79 Å². The summed E-state index contributed by atoms with van der Waals surface area (Å²) in [5.41, 5.74) is 0.868. The zero-order valence-electron chi connectivity index (χ0n) is 7.03. The van der Waals surface area contributed by atoms with Gasteiger partial charge in [-0.3, -0.25) is 4.79 Å². The van der Waals surface area contributed by atoms with Crippen LogP contribution in [0.3, 0.4) is 0 Å². The van der Waals surface area contributed by atoms with E-state index in [9.17, 15) is 4.79 Å². The molecule has 0 unspecified atom stereocenters. The molecule has 0 amide bonds. The Bertz CT molecular complexity index is 336. The molecule has 1 saturated carbocycles. The van der Waals surface area contributed by atoms with E-state index in [-0.39, 0.29) is 0 Å². The number of halogens is 1. The van der Waals surface area contributed by atoms with Crippen LogP contribution in [-0.4, -0.2) is 15.8 Å². The number of carbonyl (C=O) groups excluding carboxylic acids is 1. The van der Waals surface area contributed by atoms with Gasteiger partial charge in [-0.05, 0) is 35.4 Å². The van der Waals surface area contributed by atoms with Crippen LogP contribution in [0.1, 0.15) is 18.5 Å². The zero-order chi connectivity index (χ0) is 9.26. The summed E-state index contributed by atoms with van der Waals surface area (Å²) in [5.74, 6) is 0.655. The average molecular weight is 288 g/mol. The van der Waals surface area contributed by atoms with E-state index in [0.717, 1.165) is 22.1 Å². The minimum atomic E-state index is 0.325. The van der Waals surface area contributed by atoms with Crippen molar-refractivity contribution in [3.05, 3.63) is 21.8 Å². The number of nitrogens with zero attached hydrogens (tertiary/aromatic N) is 2. The lowest BCUT2D eigenvalue weighted by Crippen LogP contribution is -2.07. The Hall–Kier alpha value is -0.520. The van der Waals surface area contributed by atoms with E-state index in [1.807, 2.05) is 0 Å². The number of carbonyl (C=O) groups is 1. The number of hydrogen-bond donors (Lipinski definition) is 0. The highest BCUT2D eigenvalue weighted by Gasteiger charge is 2.29. The largest absolute Gasteiger partial charge is 0.299 e. The second kappa shape index (κ2) is 3.69. The molecule has 0 aromatic carbocycles. The van der Waals surface area contributed by atoms with Crippen LogP contribution in [0.5, 0.6) is 0 Å². The van der Waals surface area contributed by atoms with Gasteiger partial charge in [0, 0.05) is 12.1 Å².